The Labute approximate surface area is 134 Å². The number of hydrogen-bond donors (Lipinski definition) is 2. The van der Waals surface area contributed by atoms with Gasteiger partial charge in [-0.1, -0.05) is 30.4 Å². The van der Waals surface area contributed by atoms with Gasteiger partial charge >= 0.3 is 5.97 Å². The quantitative estimate of drug-likeness (QED) is 0.842. The van der Waals surface area contributed by atoms with Gasteiger partial charge in [0.1, 0.15) is 11.2 Å². The number of benzene rings is 1. The number of nitrogens with zero attached hydrogens (tertiary/aromatic N) is 1. The number of carboxylic acids is 1. The highest BCUT2D eigenvalue weighted by atomic mass is 16.5. The Morgan fingerprint density at radius 3 is 3.00 bits per heavy atom. The number of carbonyl (C=O) groups is 2. The third-order valence-corrected chi connectivity index (χ3v) is 4.73. The van der Waals surface area contributed by atoms with Crippen molar-refractivity contribution >= 4 is 18.0 Å². The van der Waals surface area contributed by atoms with Crippen molar-refractivity contribution in [2.75, 3.05) is 33.3 Å². The van der Waals surface area contributed by atoms with E-state index in [1.807, 2.05) is 41.3 Å². The molecule has 6 heteroatoms. The third kappa shape index (κ3) is 2.70. The van der Waals surface area contributed by atoms with Crippen LogP contribution in [0.1, 0.15) is 5.56 Å². The molecule has 0 radical (unpaired) electrons. The number of likely N-dealkylation sites (tertiary alicyclic amines) is 1. The Morgan fingerprint density at radius 1 is 1.52 bits per heavy atom. The molecular formula is C17H20N2O4. The molecule has 0 bridgehead atoms. The van der Waals surface area contributed by atoms with Crippen LogP contribution in [0.25, 0.3) is 6.08 Å². The van der Waals surface area contributed by atoms with Gasteiger partial charge in [-0.25, -0.2) is 0 Å². The Bertz CT molecular complexity index is 658. The molecule has 3 rings (SSSR count). The summed E-state index contributed by atoms with van der Waals surface area (Å²) in [5, 5.41) is 12.2. The fourth-order valence-electron chi connectivity index (χ4n) is 3.45. The van der Waals surface area contributed by atoms with Gasteiger partial charge in [0.05, 0.1) is 13.0 Å². The maximum absolute atomic E-state index is 11.9. The first-order valence-corrected chi connectivity index (χ1v) is 7.60. The normalized spacial score (nSPS) is 27.2. The molecule has 2 saturated heterocycles. The molecule has 1 aromatic rings. The minimum Gasteiger partial charge on any atom is -0.496 e. The largest absolute Gasteiger partial charge is 0.496 e. The molecule has 122 valence electrons. The number of amides is 1. The average Bonchev–Trinajstić information content (AvgIpc) is 3.06. The molecule has 1 amide bonds. The first kappa shape index (κ1) is 15.6. The van der Waals surface area contributed by atoms with Gasteiger partial charge in [-0.3, -0.25) is 14.5 Å². The van der Waals surface area contributed by atoms with Crippen LogP contribution < -0.4 is 10.1 Å². The van der Waals surface area contributed by atoms with Crippen LogP contribution in [0.15, 0.2) is 30.3 Å². The highest BCUT2D eigenvalue weighted by Gasteiger charge is 2.59. The number of carbonyl (C=O) groups excluding carboxylic acids is 1. The van der Waals surface area contributed by atoms with Gasteiger partial charge < -0.3 is 15.2 Å². The number of rotatable bonds is 5. The summed E-state index contributed by atoms with van der Waals surface area (Å²) < 4.78 is 5.29. The molecule has 1 aromatic carbocycles. The minimum atomic E-state index is -0.977. The first-order valence-electron chi connectivity index (χ1n) is 7.60. The van der Waals surface area contributed by atoms with Crippen molar-refractivity contribution in [2.45, 2.75) is 0 Å². The summed E-state index contributed by atoms with van der Waals surface area (Å²) in [6.07, 6.45) is 3.94. The maximum atomic E-state index is 11.9. The zero-order valence-corrected chi connectivity index (χ0v) is 13.0. The van der Waals surface area contributed by atoms with Gasteiger partial charge in [0.15, 0.2) is 0 Å². The number of nitrogens with one attached hydrogen (secondary N) is 1. The monoisotopic (exact) mass is 316 g/mol. The molecule has 0 unspecified atom stereocenters. The van der Waals surface area contributed by atoms with Crippen LogP contribution in [0.3, 0.4) is 0 Å². The summed E-state index contributed by atoms with van der Waals surface area (Å²) in [7, 11) is 1.63. The number of carboxylic acid groups (broad SMARTS) is 1. The van der Waals surface area contributed by atoms with E-state index < -0.39 is 17.3 Å². The molecule has 0 aromatic heterocycles. The lowest BCUT2D eigenvalue weighted by molar-refractivity contribution is -0.149. The number of hydrogen-bond acceptors (Lipinski definition) is 4. The summed E-state index contributed by atoms with van der Waals surface area (Å²) in [5.74, 6) is -0.705. The fraction of sp³-hybridized carbons (Fsp3) is 0.412. The Morgan fingerprint density at radius 2 is 2.30 bits per heavy atom. The number of methoxy groups -OCH3 is 1. The van der Waals surface area contributed by atoms with Gasteiger partial charge in [-0.15, -0.1) is 0 Å². The van der Waals surface area contributed by atoms with Crippen molar-refractivity contribution in [3.05, 3.63) is 35.9 Å². The lowest BCUT2D eigenvalue weighted by Gasteiger charge is -2.21. The molecule has 23 heavy (non-hydrogen) atoms. The van der Waals surface area contributed by atoms with E-state index in [-0.39, 0.29) is 12.5 Å². The SMILES string of the molecule is COc1ccccc1/C=C/CN1C[C@@H]2C(=O)NC[C@]2(C(=O)O)C1. The molecule has 0 aliphatic carbocycles. The summed E-state index contributed by atoms with van der Waals surface area (Å²) in [5.41, 5.74) is -0.00453. The van der Waals surface area contributed by atoms with Crippen molar-refractivity contribution in [1.29, 1.82) is 0 Å². The molecule has 2 atom stereocenters. The van der Waals surface area contributed by atoms with Crippen LogP contribution in [0.5, 0.6) is 5.75 Å². The van der Waals surface area contributed by atoms with Gasteiger partial charge in [0, 0.05) is 31.7 Å². The van der Waals surface area contributed by atoms with Crippen molar-refractivity contribution in [2.24, 2.45) is 11.3 Å². The molecule has 6 nitrogen and oxygen atoms in total. The molecule has 0 spiro atoms. The van der Waals surface area contributed by atoms with Crippen LogP contribution in [0, 0.1) is 11.3 Å². The van der Waals surface area contributed by atoms with Crippen molar-refractivity contribution < 1.29 is 19.4 Å². The highest BCUT2D eigenvalue weighted by Crippen LogP contribution is 2.39. The molecule has 2 N–H and O–H groups in total. The van der Waals surface area contributed by atoms with Crippen LogP contribution in [-0.2, 0) is 9.59 Å². The molecule has 0 saturated carbocycles. The van der Waals surface area contributed by atoms with Crippen LogP contribution in [0.2, 0.25) is 0 Å². The minimum absolute atomic E-state index is 0.149. The lowest BCUT2D eigenvalue weighted by Crippen LogP contribution is -2.40. The van der Waals surface area contributed by atoms with Gasteiger partial charge in [0.25, 0.3) is 0 Å². The molecule has 2 aliphatic heterocycles. The van der Waals surface area contributed by atoms with E-state index in [9.17, 15) is 14.7 Å². The van der Waals surface area contributed by atoms with Gasteiger partial charge in [-0.2, -0.15) is 0 Å². The van der Waals surface area contributed by atoms with Crippen LogP contribution in [-0.4, -0.2) is 55.2 Å². The standard InChI is InChI=1S/C17H20N2O4/c1-23-14-7-3-2-5-12(14)6-4-8-19-9-13-15(20)18-10-17(13,11-19)16(21)22/h2-7,13H,8-11H2,1H3,(H,18,20)(H,21,22)/b6-4+/t13-,17+/m1/s1. The predicted octanol–water partition coefficient (Wildman–Crippen LogP) is 0.841. The Hall–Kier alpha value is -2.34. The maximum Gasteiger partial charge on any atom is 0.313 e. The Balaban J connectivity index is 1.67. The van der Waals surface area contributed by atoms with E-state index in [1.165, 1.54) is 0 Å². The second-order valence-electron chi connectivity index (χ2n) is 6.07. The molecular weight excluding hydrogens is 296 g/mol. The van der Waals surface area contributed by atoms with E-state index in [0.29, 0.717) is 19.6 Å². The predicted molar refractivity (Wildman–Crippen MR) is 85.0 cm³/mol. The highest BCUT2D eigenvalue weighted by molar-refractivity contribution is 5.92. The van der Waals surface area contributed by atoms with Crippen LogP contribution in [0.4, 0.5) is 0 Å². The summed E-state index contributed by atoms with van der Waals surface area (Å²) in [6, 6.07) is 7.70. The number of fused-ring (bicyclic) bond motifs is 1. The molecule has 2 fully saturated rings. The zero-order valence-electron chi connectivity index (χ0n) is 13.0. The van der Waals surface area contributed by atoms with Crippen molar-refractivity contribution in [3.63, 3.8) is 0 Å². The number of aliphatic carboxylic acids is 1. The number of ether oxygens (including phenoxy) is 1. The zero-order chi connectivity index (χ0) is 16.4. The Kier molecular flexibility index (Phi) is 4.09. The summed E-state index contributed by atoms with van der Waals surface area (Å²) in [6.45, 7) is 1.70. The summed E-state index contributed by atoms with van der Waals surface area (Å²) in [4.78, 5) is 25.5. The fourth-order valence-corrected chi connectivity index (χ4v) is 3.45. The topological polar surface area (TPSA) is 78.9 Å². The molecule has 2 heterocycles. The average molecular weight is 316 g/mol. The van der Waals surface area contributed by atoms with E-state index in [1.54, 1.807) is 7.11 Å². The van der Waals surface area contributed by atoms with E-state index in [4.69, 9.17) is 4.74 Å². The number of para-hydroxylation sites is 1. The summed E-state index contributed by atoms with van der Waals surface area (Å²) >= 11 is 0. The third-order valence-electron chi connectivity index (χ3n) is 4.73. The van der Waals surface area contributed by atoms with Crippen molar-refractivity contribution in [3.8, 4) is 5.75 Å². The first-order chi connectivity index (χ1) is 11.1. The van der Waals surface area contributed by atoms with E-state index in [2.05, 4.69) is 5.32 Å². The second kappa shape index (κ2) is 6.04. The second-order valence-corrected chi connectivity index (χ2v) is 6.07. The molecule has 2 aliphatic rings. The van der Waals surface area contributed by atoms with Crippen LogP contribution >= 0.6 is 0 Å². The van der Waals surface area contributed by atoms with Gasteiger partial charge in [-0.05, 0) is 6.07 Å². The lowest BCUT2D eigenvalue weighted by atomic mass is 9.81. The van der Waals surface area contributed by atoms with Gasteiger partial charge in [0.2, 0.25) is 5.91 Å². The van der Waals surface area contributed by atoms with Crippen molar-refractivity contribution in [1.82, 2.24) is 10.2 Å². The van der Waals surface area contributed by atoms with E-state index in [0.717, 1.165) is 11.3 Å². The smallest absolute Gasteiger partial charge is 0.313 e. The van der Waals surface area contributed by atoms with E-state index >= 15 is 0 Å².